The number of nitrogens with zero attached hydrogens (tertiary/aromatic N) is 1. The highest BCUT2D eigenvalue weighted by Crippen LogP contribution is 2.17. The lowest BCUT2D eigenvalue weighted by Gasteiger charge is -2.09. The van der Waals surface area contributed by atoms with Crippen LogP contribution >= 0.6 is 0 Å². The number of amides is 2. The van der Waals surface area contributed by atoms with Crippen LogP contribution in [0.4, 0.5) is 15.8 Å². The van der Waals surface area contributed by atoms with Gasteiger partial charge in [-0.1, -0.05) is 0 Å². The molecule has 28 heavy (non-hydrogen) atoms. The molecule has 0 aliphatic carbocycles. The van der Waals surface area contributed by atoms with E-state index in [1.54, 1.807) is 48.5 Å². The summed E-state index contributed by atoms with van der Waals surface area (Å²) < 4.78 is 18.5. The van der Waals surface area contributed by atoms with Gasteiger partial charge in [0.2, 0.25) is 5.95 Å². The zero-order chi connectivity index (χ0) is 19.9. The first kappa shape index (κ1) is 19.0. The predicted octanol–water partition coefficient (Wildman–Crippen LogP) is 4.12. The third-order valence-corrected chi connectivity index (χ3v) is 3.82. The van der Waals surface area contributed by atoms with Crippen LogP contribution in [-0.4, -0.2) is 23.4 Å². The van der Waals surface area contributed by atoms with E-state index in [2.05, 4.69) is 15.6 Å². The number of anilines is 2. The van der Waals surface area contributed by atoms with Gasteiger partial charge in [0.05, 0.1) is 6.61 Å². The third-order valence-electron chi connectivity index (χ3n) is 3.82. The van der Waals surface area contributed by atoms with Gasteiger partial charge in [0.25, 0.3) is 11.8 Å². The number of halogens is 1. The maximum absolute atomic E-state index is 13.1. The van der Waals surface area contributed by atoms with Crippen LogP contribution in [0.5, 0.6) is 5.75 Å². The van der Waals surface area contributed by atoms with E-state index in [1.807, 2.05) is 6.92 Å². The molecule has 0 radical (unpaired) electrons. The van der Waals surface area contributed by atoms with Gasteiger partial charge in [-0.3, -0.25) is 9.59 Å². The second-order valence-electron chi connectivity index (χ2n) is 5.81. The first-order valence-electron chi connectivity index (χ1n) is 8.62. The van der Waals surface area contributed by atoms with Gasteiger partial charge in [0, 0.05) is 34.8 Å². The standard InChI is InChI=1S/C21H18FN3O3/c1-2-28-18-9-7-17(8-10-18)24-20(26)14-3-5-16(6-4-14)25-21(27)15-11-12-23-19(22)13-15/h3-13H,2H2,1H3,(H,24,26)(H,25,27). The van der Waals surface area contributed by atoms with E-state index >= 15 is 0 Å². The zero-order valence-corrected chi connectivity index (χ0v) is 15.1. The number of ether oxygens (including phenoxy) is 1. The van der Waals surface area contributed by atoms with E-state index in [0.717, 1.165) is 11.8 Å². The molecule has 0 aliphatic heterocycles. The van der Waals surface area contributed by atoms with Gasteiger partial charge in [-0.05, 0) is 61.5 Å². The molecule has 0 fully saturated rings. The highest BCUT2D eigenvalue weighted by atomic mass is 19.1. The van der Waals surface area contributed by atoms with E-state index in [-0.39, 0.29) is 11.5 Å². The summed E-state index contributed by atoms with van der Waals surface area (Å²) in [5.74, 6) is -0.741. The van der Waals surface area contributed by atoms with Gasteiger partial charge in [0.15, 0.2) is 0 Å². The molecule has 2 aromatic carbocycles. The average Bonchev–Trinajstić information content (AvgIpc) is 2.70. The lowest BCUT2D eigenvalue weighted by molar-refractivity contribution is 0.101. The van der Waals surface area contributed by atoms with Crippen molar-refractivity contribution in [3.8, 4) is 5.75 Å². The molecule has 0 atom stereocenters. The van der Waals surface area contributed by atoms with Gasteiger partial charge in [-0.15, -0.1) is 0 Å². The number of aromatic nitrogens is 1. The Labute approximate surface area is 161 Å². The smallest absolute Gasteiger partial charge is 0.255 e. The second-order valence-corrected chi connectivity index (χ2v) is 5.81. The summed E-state index contributed by atoms with van der Waals surface area (Å²) >= 11 is 0. The summed E-state index contributed by atoms with van der Waals surface area (Å²) in [4.78, 5) is 27.9. The van der Waals surface area contributed by atoms with Gasteiger partial charge < -0.3 is 15.4 Å². The van der Waals surface area contributed by atoms with Crippen molar-refractivity contribution in [3.05, 3.63) is 83.9 Å². The van der Waals surface area contributed by atoms with Crippen molar-refractivity contribution in [1.82, 2.24) is 4.98 Å². The molecule has 7 heteroatoms. The van der Waals surface area contributed by atoms with Crippen LogP contribution in [0.25, 0.3) is 0 Å². The van der Waals surface area contributed by atoms with Gasteiger partial charge in [-0.25, -0.2) is 4.98 Å². The zero-order valence-electron chi connectivity index (χ0n) is 15.1. The van der Waals surface area contributed by atoms with Crippen molar-refractivity contribution in [2.24, 2.45) is 0 Å². The topological polar surface area (TPSA) is 80.3 Å². The molecular weight excluding hydrogens is 361 g/mol. The number of pyridine rings is 1. The van der Waals surface area contributed by atoms with Crippen LogP contribution < -0.4 is 15.4 Å². The molecule has 142 valence electrons. The van der Waals surface area contributed by atoms with E-state index < -0.39 is 11.9 Å². The lowest BCUT2D eigenvalue weighted by Crippen LogP contribution is -2.14. The number of nitrogens with one attached hydrogen (secondary N) is 2. The molecule has 0 spiro atoms. The molecule has 2 N–H and O–H groups in total. The summed E-state index contributed by atoms with van der Waals surface area (Å²) in [6.45, 7) is 2.47. The number of carbonyl (C=O) groups is 2. The fourth-order valence-corrected chi connectivity index (χ4v) is 2.46. The van der Waals surface area contributed by atoms with E-state index in [4.69, 9.17) is 4.74 Å². The van der Waals surface area contributed by atoms with Crippen LogP contribution in [-0.2, 0) is 0 Å². The van der Waals surface area contributed by atoms with Crippen molar-refractivity contribution in [2.45, 2.75) is 6.92 Å². The molecule has 0 saturated carbocycles. The quantitative estimate of drug-likeness (QED) is 0.631. The fourth-order valence-electron chi connectivity index (χ4n) is 2.46. The summed E-state index contributed by atoms with van der Waals surface area (Å²) in [5.41, 5.74) is 1.72. The highest BCUT2D eigenvalue weighted by molar-refractivity contribution is 6.06. The lowest BCUT2D eigenvalue weighted by atomic mass is 10.1. The molecular formula is C21H18FN3O3. The molecule has 0 bridgehead atoms. The van der Waals surface area contributed by atoms with Gasteiger partial charge in [0.1, 0.15) is 5.75 Å². The second kappa shape index (κ2) is 8.77. The highest BCUT2D eigenvalue weighted by Gasteiger charge is 2.09. The van der Waals surface area contributed by atoms with Crippen molar-refractivity contribution < 1.29 is 18.7 Å². The molecule has 0 saturated heterocycles. The maximum Gasteiger partial charge on any atom is 0.255 e. The van der Waals surface area contributed by atoms with Crippen LogP contribution in [0.3, 0.4) is 0 Å². The average molecular weight is 379 g/mol. The van der Waals surface area contributed by atoms with Gasteiger partial charge in [-0.2, -0.15) is 4.39 Å². The third kappa shape index (κ3) is 4.91. The van der Waals surface area contributed by atoms with Crippen LogP contribution in [0.2, 0.25) is 0 Å². The predicted molar refractivity (Wildman–Crippen MR) is 104 cm³/mol. The SMILES string of the molecule is CCOc1ccc(NC(=O)c2ccc(NC(=O)c3ccnc(F)c3)cc2)cc1. The van der Waals surface area contributed by atoms with Crippen LogP contribution in [0, 0.1) is 5.95 Å². The molecule has 0 unspecified atom stereocenters. The molecule has 3 rings (SSSR count). The Morgan fingerprint density at radius 3 is 2.04 bits per heavy atom. The minimum Gasteiger partial charge on any atom is -0.494 e. The Bertz CT molecular complexity index is 973. The van der Waals surface area contributed by atoms with E-state index in [1.165, 1.54) is 12.3 Å². The normalized spacial score (nSPS) is 10.2. The van der Waals surface area contributed by atoms with Crippen LogP contribution in [0.15, 0.2) is 66.9 Å². The first-order chi connectivity index (χ1) is 13.5. The van der Waals surface area contributed by atoms with Crippen molar-refractivity contribution in [1.29, 1.82) is 0 Å². The van der Waals surface area contributed by atoms with Crippen molar-refractivity contribution >= 4 is 23.2 Å². The Kier molecular flexibility index (Phi) is 5.96. The van der Waals surface area contributed by atoms with Crippen molar-refractivity contribution in [3.63, 3.8) is 0 Å². The molecule has 1 aromatic heterocycles. The molecule has 2 amide bonds. The Hall–Kier alpha value is -3.74. The Morgan fingerprint density at radius 1 is 0.893 bits per heavy atom. The fraction of sp³-hybridized carbons (Fsp3) is 0.0952. The first-order valence-corrected chi connectivity index (χ1v) is 8.62. The molecule has 1 heterocycles. The maximum atomic E-state index is 13.1. The molecule has 3 aromatic rings. The van der Waals surface area contributed by atoms with Crippen LogP contribution in [0.1, 0.15) is 27.6 Å². The minimum atomic E-state index is -0.728. The van der Waals surface area contributed by atoms with E-state index in [0.29, 0.717) is 23.5 Å². The number of hydrogen-bond acceptors (Lipinski definition) is 4. The Morgan fingerprint density at radius 2 is 1.46 bits per heavy atom. The number of hydrogen-bond donors (Lipinski definition) is 2. The van der Waals surface area contributed by atoms with Gasteiger partial charge >= 0.3 is 0 Å². The summed E-state index contributed by atoms with van der Waals surface area (Å²) in [7, 11) is 0. The van der Waals surface area contributed by atoms with Crippen molar-refractivity contribution in [2.75, 3.05) is 17.2 Å². The molecule has 0 aliphatic rings. The molecule has 6 nitrogen and oxygen atoms in total. The summed E-state index contributed by atoms with van der Waals surface area (Å²) in [6.07, 6.45) is 1.22. The summed E-state index contributed by atoms with van der Waals surface area (Å²) in [5, 5.41) is 5.43. The van der Waals surface area contributed by atoms with E-state index in [9.17, 15) is 14.0 Å². The largest absolute Gasteiger partial charge is 0.494 e. The number of rotatable bonds is 6. The number of benzene rings is 2. The number of carbonyl (C=O) groups excluding carboxylic acids is 2. The monoisotopic (exact) mass is 379 g/mol. The summed E-state index contributed by atoms with van der Waals surface area (Å²) in [6, 6.07) is 15.9. The minimum absolute atomic E-state index is 0.157. The Balaban J connectivity index is 1.61.